The Kier molecular flexibility index (Phi) is 6.74. The number of sulfonamides is 1. The highest BCUT2D eigenvalue weighted by Crippen LogP contribution is 2.35. The van der Waals surface area contributed by atoms with Crippen LogP contribution in [0.2, 0.25) is 0 Å². The number of benzene rings is 2. The standard InChI is InChI=1S/C19H24N2O6S/c1-6-27-13-7-9-14(10-8-13)28(23,24)20-16-12-18(26-5)17(25-4)11-15(16)19(22)21(2)3/h7-12,20H,6H2,1-5H3. The number of carbonyl (C=O) groups is 1. The van der Waals surface area contributed by atoms with Crippen LogP contribution in [-0.2, 0) is 10.0 Å². The highest BCUT2D eigenvalue weighted by Gasteiger charge is 2.23. The van der Waals surface area contributed by atoms with Crippen molar-refractivity contribution in [1.82, 2.24) is 4.90 Å². The third-order valence-corrected chi connectivity index (χ3v) is 5.23. The maximum absolute atomic E-state index is 12.8. The average Bonchev–Trinajstić information content (AvgIpc) is 2.67. The maximum atomic E-state index is 12.8. The van der Waals surface area contributed by atoms with Gasteiger partial charge in [0.25, 0.3) is 15.9 Å². The van der Waals surface area contributed by atoms with Gasteiger partial charge in [0, 0.05) is 20.2 Å². The molecule has 2 aromatic rings. The first kappa shape index (κ1) is 21.4. The molecule has 0 heterocycles. The highest BCUT2D eigenvalue weighted by atomic mass is 32.2. The van der Waals surface area contributed by atoms with Gasteiger partial charge in [-0.2, -0.15) is 0 Å². The third kappa shape index (κ3) is 4.66. The van der Waals surface area contributed by atoms with Gasteiger partial charge < -0.3 is 19.1 Å². The Balaban J connectivity index is 2.48. The van der Waals surface area contributed by atoms with Gasteiger partial charge in [-0.1, -0.05) is 0 Å². The molecule has 0 saturated carbocycles. The van der Waals surface area contributed by atoms with E-state index in [0.717, 1.165) is 0 Å². The summed E-state index contributed by atoms with van der Waals surface area (Å²) in [7, 11) is 2.07. The molecule has 0 aliphatic rings. The molecule has 0 fully saturated rings. The number of amides is 1. The summed E-state index contributed by atoms with van der Waals surface area (Å²) in [5.74, 6) is 0.792. The van der Waals surface area contributed by atoms with Gasteiger partial charge in [-0.05, 0) is 37.3 Å². The zero-order valence-electron chi connectivity index (χ0n) is 16.5. The lowest BCUT2D eigenvalue weighted by Crippen LogP contribution is -2.24. The van der Waals surface area contributed by atoms with Gasteiger partial charge in [0.05, 0.1) is 37.0 Å². The predicted octanol–water partition coefficient (Wildman–Crippen LogP) is 2.61. The summed E-state index contributed by atoms with van der Waals surface area (Å²) in [6, 6.07) is 8.86. The summed E-state index contributed by atoms with van der Waals surface area (Å²) in [5.41, 5.74) is 0.224. The summed E-state index contributed by atoms with van der Waals surface area (Å²) in [4.78, 5) is 13.9. The number of hydrogen-bond donors (Lipinski definition) is 1. The van der Waals surface area contributed by atoms with Crippen LogP contribution in [0, 0.1) is 0 Å². The first-order chi connectivity index (χ1) is 13.2. The van der Waals surface area contributed by atoms with E-state index >= 15 is 0 Å². The summed E-state index contributed by atoms with van der Waals surface area (Å²) in [5, 5.41) is 0. The summed E-state index contributed by atoms with van der Waals surface area (Å²) in [6.07, 6.45) is 0. The minimum Gasteiger partial charge on any atom is -0.494 e. The molecule has 9 heteroatoms. The van der Waals surface area contributed by atoms with E-state index in [1.54, 1.807) is 26.2 Å². The minimum atomic E-state index is -3.94. The molecule has 0 saturated heterocycles. The summed E-state index contributed by atoms with van der Waals surface area (Å²) in [6.45, 7) is 2.32. The number of ether oxygens (including phenoxy) is 3. The lowest BCUT2D eigenvalue weighted by atomic mass is 10.1. The lowest BCUT2D eigenvalue weighted by molar-refractivity contribution is 0.0828. The molecule has 2 aromatic carbocycles. The largest absolute Gasteiger partial charge is 0.494 e. The van der Waals surface area contributed by atoms with Crippen LogP contribution in [0.4, 0.5) is 5.69 Å². The molecule has 8 nitrogen and oxygen atoms in total. The predicted molar refractivity (Wildman–Crippen MR) is 106 cm³/mol. The van der Waals surface area contributed by atoms with Crippen LogP contribution in [0.25, 0.3) is 0 Å². The SMILES string of the molecule is CCOc1ccc(S(=O)(=O)Nc2cc(OC)c(OC)cc2C(=O)N(C)C)cc1. The van der Waals surface area contributed by atoms with E-state index in [1.807, 2.05) is 6.92 Å². The van der Waals surface area contributed by atoms with Crippen LogP contribution < -0.4 is 18.9 Å². The molecular weight excluding hydrogens is 384 g/mol. The smallest absolute Gasteiger partial charge is 0.261 e. The molecule has 0 aromatic heterocycles. The molecule has 1 amide bonds. The van der Waals surface area contributed by atoms with Crippen molar-refractivity contribution < 1.29 is 27.4 Å². The van der Waals surface area contributed by atoms with E-state index in [9.17, 15) is 13.2 Å². The Morgan fingerprint density at radius 3 is 2.11 bits per heavy atom. The minimum absolute atomic E-state index is 0.0361. The van der Waals surface area contributed by atoms with E-state index in [4.69, 9.17) is 14.2 Å². The molecule has 1 N–H and O–H groups in total. The molecule has 0 unspecified atom stereocenters. The molecular formula is C19H24N2O6S. The van der Waals surface area contributed by atoms with Crippen molar-refractivity contribution in [1.29, 1.82) is 0 Å². The molecule has 152 valence electrons. The number of hydrogen-bond acceptors (Lipinski definition) is 6. The van der Waals surface area contributed by atoms with Crippen LogP contribution in [0.15, 0.2) is 41.3 Å². The van der Waals surface area contributed by atoms with Crippen molar-refractivity contribution >= 4 is 21.6 Å². The van der Waals surface area contributed by atoms with Crippen LogP contribution in [-0.4, -0.2) is 54.1 Å². The second-order valence-electron chi connectivity index (χ2n) is 5.96. The Morgan fingerprint density at radius 1 is 1.04 bits per heavy atom. The normalized spacial score (nSPS) is 10.9. The second-order valence-corrected chi connectivity index (χ2v) is 7.64. The molecule has 0 radical (unpaired) electrons. The number of nitrogens with zero attached hydrogens (tertiary/aromatic N) is 1. The van der Waals surface area contributed by atoms with Crippen molar-refractivity contribution in [3.8, 4) is 17.2 Å². The Labute approximate surface area is 165 Å². The fourth-order valence-corrected chi connectivity index (χ4v) is 3.54. The Morgan fingerprint density at radius 2 is 1.61 bits per heavy atom. The topological polar surface area (TPSA) is 94.2 Å². The summed E-state index contributed by atoms with van der Waals surface area (Å²) < 4.78 is 43.9. The zero-order chi connectivity index (χ0) is 20.9. The van der Waals surface area contributed by atoms with Crippen LogP contribution in [0.1, 0.15) is 17.3 Å². The van der Waals surface area contributed by atoms with E-state index in [1.165, 1.54) is 43.4 Å². The van der Waals surface area contributed by atoms with Gasteiger partial charge in [0.1, 0.15) is 5.75 Å². The molecule has 2 rings (SSSR count). The van der Waals surface area contributed by atoms with Gasteiger partial charge in [-0.3, -0.25) is 9.52 Å². The zero-order valence-corrected chi connectivity index (χ0v) is 17.3. The van der Waals surface area contributed by atoms with Crippen molar-refractivity contribution in [3.63, 3.8) is 0 Å². The number of methoxy groups -OCH3 is 2. The maximum Gasteiger partial charge on any atom is 0.261 e. The van der Waals surface area contributed by atoms with Crippen molar-refractivity contribution in [3.05, 3.63) is 42.0 Å². The van der Waals surface area contributed by atoms with Gasteiger partial charge in [-0.25, -0.2) is 8.42 Å². The molecule has 0 atom stereocenters. The number of carbonyl (C=O) groups excluding carboxylic acids is 1. The second kappa shape index (κ2) is 8.83. The van der Waals surface area contributed by atoms with E-state index in [-0.39, 0.29) is 22.1 Å². The lowest BCUT2D eigenvalue weighted by Gasteiger charge is -2.18. The van der Waals surface area contributed by atoms with Gasteiger partial charge in [-0.15, -0.1) is 0 Å². The first-order valence-corrected chi connectivity index (χ1v) is 9.95. The van der Waals surface area contributed by atoms with Gasteiger partial charge >= 0.3 is 0 Å². The van der Waals surface area contributed by atoms with E-state index in [2.05, 4.69) is 4.72 Å². The number of nitrogens with one attached hydrogen (secondary N) is 1. The van der Waals surface area contributed by atoms with Crippen molar-refractivity contribution in [2.24, 2.45) is 0 Å². The van der Waals surface area contributed by atoms with E-state index < -0.39 is 10.0 Å². The molecule has 0 aliphatic carbocycles. The average molecular weight is 408 g/mol. The Hall–Kier alpha value is -2.94. The molecule has 0 bridgehead atoms. The fourth-order valence-electron chi connectivity index (χ4n) is 2.47. The Bertz CT molecular complexity index is 940. The third-order valence-electron chi connectivity index (χ3n) is 3.85. The van der Waals surface area contributed by atoms with Crippen LogP contribution in [0.5, 0.6) is 17.2 Å². The molecule has 0 aliphatic heterocycles. The number of rotatable bonds is 8. The fraction of sp³-hybridized carbons (Fsp3) is 0.316. The van der Waals surface area contributed by atoms with Crippen molar-refractivity contribution in [2.75, 3.05) is 39.6 Å². The molecule has 28 heavy (non-hydrogen) atoms. The molecule has 0 spiro atoms. The van der Waals surface area contributed by atoms with Crippen LogP contribution >= 0.6 is 0 Å². The quantitative estimate of drug-likeness (QED) is 0.722. The van der Waals surface area contributed by atoms with Gasteiger partial charge in [0.15, 0.2) is 11.5 Å². The van der Waals surface area contributed by atoms with Gasteiger partial charge in [0.2, 0.25) is 0 Å². The monoisotopic (exact) mass is 408 g/mol. The summed E-state index contributed by atoms with van der Waals surface area (Å²) >= 11 is 0. The highest BCUT2D eigenvalue weighted by molar-refractivity contribution is 7.92. The van der Waals surface area contributed by atoms with Crippen molar-refractivity contribution in [2.45, 2.75) is 11.8 Å². The van der Waals surface area contributed by atoms with Crippen LogP contribution in [0.3, 0.4) is 0 Å². The first-order valence-electron chi connectivity index (χ1n) is 8.46. The van der Waals surface area contributed by atoms with E-state index in [0.29, 0.717) is 23.9 Å². The number of anilines is 1.